The van der Waals surface area contributed by atoms with Gasteiger partial charge in [0.1, 0.15) is 5.69 Å². The molecule has 1 aliphatic heterocycles. The predicted octanol–water partition coefficient (Wildman–Crippen LogP) is 4.57. The number of carbonyl (C=O) groups is 1. The summed E-state index contributed by atoms with van der Waals surface area (Å²) in [5.74, 6) is -0.918. The van der Waals surface area contributed by atoms with E-state index < -0.39 is 5.97 Å². The Morgan fingerprint density at radius 2 is 1.71 bits per heavy atom. The third kappa shape index (κ3) is 5.39. The Hall–Kier alpha value is -2.99. The van der Waals surface area contributed by atoms with Crippen molar-refractivity contribution in [2.45, 2.75) is 45.6 Å². The minimum Gasteiger partial charge on any atom is -0.481 e. The second kappa shape index (κ2) is 9.88. The zero-order chi connectivity index (χ0) is 21.6. The summed E-state index contributed by atoms with van der Waals surface area (Å²) in [5.41, 5.74) is 5.44. The van der Waals surface area contributed by atoms with Gasteiger partial charge in [0.25, 0.3) is 0 Å². The molecule has 6 heteroatoms. The van der Waals surface area contributed by atoms with Crippen LogP contribution in [0.25, 0.3) is 16.9 Å². The fraction of sp³-hybridized carbons (Fsp3) is 0.400. The largest absolute Gasteiger partial charge is 0.481 e. The molecule has 0 amide bonds. The summed E-state index contributed by atoms with van der Waals surface area (Å²) in [6, 6.07) is 16.8. The van der Waals surface area contributed by atoms with E-state index >= 15 is 0 Å². The normalized spacial score (nSPS) is 14.5. The van der Waals surface area contributed by atoms with Gasteiger partial charge >= 0.3 is 5.97 Å². The standard InChI is InChI=1S/C25H30N4O2/c1-2-3-4-5-6-19-7-11-21(12-8-19)24-18-29(27-26-24)23-13-9-20(10-14-23)15-28-16-22(17-28)25(30)31/h7-14,18,22H,2-6,15-17H2,1H3,(H,30,31). The van der Waals surface area contributed by atoms with Crippen LogP contribution in [-0.2, 0) is 17.8 Å². The Kier molecular flexibility index (Phi) is 6.77. The van der Waals surface area contributed by atoms with E-state index in [9.17, 15) is 4.79 Å². The highest BCUT2D eigenvalue weighted by Crippen LogP contribution is 2.21. The second-order valence-electron chi connectivity index (χ2n) is 8.45. The van der Waals surface area contributed by atoms with Gasteiger partial charge in [-0.25, -0.2) is 4.68 Å². The maximum Gasteiger partial charge on any atom is 0.309 e. The smallest absolute Gasteiger partial charge is 0.309 e. The number of benzene rings is 2. The van der Waals surface area contributed by atoms with Crippen LogP contribution in [0.1, 0.15) is 43.7 Å². The monoisotopic (exact) mass is 418 g/mol. The van der Waals surface area contributed by atoms with Gasteiger partial charge in [0.2, 0.25) is 0 Å². The molecule has 1 saturated heterocycles. The van der Waals surface area contributed by atoms with Gasteiger partial charge in [-0.05, 0) is 36.1 Å². The average Bonchev–Trinajstić information content (AvgIpc) is 3.24. The van der Waals surface area contributed by atoms with E-state index in [1.54, 1.807) is 4.68 Å². The van der Waals surface area contributed by atoms with E-state index in [1.165, 1.54) is 36.8 Å². The molecule has 0 aliphatic carbocycles. The van der Waals surface area contributed by atoms with Crippen molar-refractivity contribution in [3.63, 3.8) is 0 Å². The van der Waals surface area contributed by atoms with E-state index in [0.717, 1.165) is 29.9 Å². The molecule has 4 rings (SSSR count). The van der Waals surface area contributed by atoms with Crippen LogP contribution in [0.5, 0.6) is 0 Å². The highest BCUT2D eigenvalue weighted by atomic mass is 16.4. The van der Waals surface area contributed by atoms with E-state index in [-0.39, 0.29) is 5.92 Å². The first-order valence-corrected chi connectivity index (χ1v) is 11.2. The number of unbranched alkanes of at least 4 members (excludes halogenated alkanes) is 3. The summed E-state index contributed by atoms with van der Waals surface area (Å²) < 4.78 is 1.79. The van der Waals surface area contributed by atoms with Gasteiger partial charge in [0.15, 0.2) is 0 Å². The Morgan fingerprint density at radius 1 is 1.00 bits per heavy atom. The third-order valence-corrected chi connectivity index (χ3v) is 5.98. The summed E-state index contributed by atoms with van der Waals surface area (Å²) in [6.45, 7) is 4.27. The van der Waals surface area contributed by atoms with Gasteiger partial charge in [0.05, 0.1) is 17.8 Å². The first-order chi connectivity index (χ1) is 15.1. The second-order valence-corrected chi connectivity index (χ2v) is 8.45. The molecule has 1 N–H and O–H groups in total. The lowest BCUT2D eigenvalue weighted by Gasteiger charge is -2.36. The number of aromatic nitrogens is 3. The molecule has 0 bridgehead atoms. The minimum absolute atomic E-state index is 0.219. The van der Waals surface area contributed by atoms with Gasteiger partial charge in [-0.2, -0.15) is 0 Å². The summed E-state index contributed by atoms with van der Waals surface area (Å²) in [7, 11) is 0. The molecule has 0 radical (unpaired) electrons. The van der Waals surface area contributed by atoms with Crippen LogP contribution in [0.3, 0.4) is 0 Å². The van der Waals surface area contributed by atoms with E-state index in [1.807, 2.05) is 18.3 Å². The molecule has 2 aromatic carbocycles. The van der Waals surface area contributed by atoms with Crippen molar-refractivity contribution >= 4 is 5.97 Å². The quantitative estimate of drug-likeness (QED) is 0.488. The van der Waals surface area contributed by atoms with E-state index in [0.29, 0.717) is 13.1 Å². The highest BCUT2D eigenvalue weighted by molar-refractivity contribution is 5.71. The maximum absolute atomic E-state index is 10.9. The Morgan fingerprint density at radius 3 is 2.39 bits per heavy atom. The van der Waals surface area contributed by atoms with E-state index in [4.69, 9.17) is 5.11 Å². The number of aryl methyl sites for hydroxylation is 1. The lowest BCUT2D eigenvalue weighted by atomic mass is 9.99. The number of likely N-dealkylation sites (tertiary alicyclic amines) is 1. The molecule has 1 fully saturated rings. The first kappa shape index (κ1) is 21.2. The van der Waals surface area contributed by atoms with Crippen molar-refractivity contribution in [1.29, 1.82) is 0 Å². The van der Waals surface area contributed by atoms with Crippen LogP contribution in [0.15, 0.2) is 54.7 Å². The lowest BCUT2D eigenvalue weighted by molar-refractivity contribution is -0.147. The average molecular weight is 419 g/mol. The van der Waals surface area contributed by atoms with Crippen molar-refractivity contribution in [1.82, 2.24) is 19.9 Å². The van der Waals surface area contributed by atoms with Crippen LogP contribution in [0, 0.1) is 5.92 Å². The fourth-order valence-electron chi connectivity index (χ4n) is 3.99. The number of carboxylic acid groups (broad SMARTS) is 1. The molecule has 3 aromatic rings. The molecule has 31 heavy (non-hydrogen) atoms. The molecule has 0 spiro atoms. The fourth-order valence-corrected chi connectivity index (χ4v) is 3.99. The molecule has 0 atom stereocenters. The zero-order valence-corrected chi connectivity index (χ0v) is 18.1. The minimum atomic E-state index is -0.699. The summed E-state index contributed by atoms with van der Waals surface area (Å²) in [6.07, 6.45) is 8.21. The van der Waals surface area contributed by atoms with Crippen LogP contribution in [0.4, 0.5) is 0 Å². The first-order valence-electron chi connectivity index (χ1n) is 11.2. The van der Waals surface area contributed by atoms with Crippen molar-refractivity contribution in [3.8, 4) is 16.9 Å². The summed E-state index contributed by atoms with van der Waals surface area (Å²) in [5, 5.41) is 17.6. The molecular weight excluding hydrogens is 388 g/mol. The van der Waals surface area contributed by atoms with Crippen molar-refractivity contribution in [2.75, 3.05) is 13.1 Å². The number of carboxylic acids is 1. The molecule has 2 heterocycles. The van der Waals surface area contributed by atoms with Crippen LogP contribution < -0.4 is 0 Å². The van der Waals surface area contributed by atoms with Crippen LogP contribution in [0.2, 0.25) is 0 Å². The predicted molar refractivity (Wildman–Crippen MR) is 121 cm³/mol. The summed E-state index contributed by atoms with van der Waals surface area (Å²) >= 11 is 0. The summed E-state index contributed by atoms with van der Waals surface area (Å²) in [4.78, 5) is 13.1. The van der Waals surface area contributed by atoms with Crippen LogP contribution >= 0.6 is 0 Å². The lowest BCUT2D eigenvalue weighted by Crippen LogP contribution is -2.49. The SMILES string of the molecule is CCCCCCc1ccc(-c2cn(-c3ccc(CN4CC(C(=O)O)C4)cc3)nn2)cc1. The third-order valence-electron chi connectivity index (χ3n) is 5.98. The van der Waals surface area contributed by atoms with Gasteiger partial charge in [-0.3, -0.25) is 9.69 Å². The van der Waals surface area contributed by atoms with Crippen molar-refractivity contribution < 1.29 is 9.90 Å². The molecule has 1 aliphatic rings. The van der Waals surface area contributed by atoms with E-state index in [2.05, 4.69) is 58.5 Å². The van der Waals surface area contributed by atoms with Gasteiger partial charge in [-0.15, -0.1) is 5.10 Å². The number of hydrogen-bond donors (Lipinski definition) is 1. The van der Waals surface area contributed by atoms with Crippen molar-refractivity contribution in [2.24, 2.45) is 5.92 Å². The molecular formula is C25H30N4O2. The molecule has 6 nitrogen and oxygen atoms in total. The van der Waals surface area contributed by atoms with Gasteiger partial charge in [-0.1, -0.05) is 67.8 Å². The Balaban J connectivity index is 1.33. The highest BCUT2D eigenvalue weighted by Gasteiger charge is 2.32. The molecule has 1 aromatic heterocycles. The number of nitrogens with zero attached hydrogens (tertiary/aromatic N) is 4. The number of aliphatic carboxylic acids is 1. The molecule has 0 unspecified atom stereocenters. The molecule has 0 saturated carbocycles. The van der Waals surface area contributed by atoms with Gasteiger partial charge < -0.3 is 5.11 Å². The van der Waals surface area contributed by atoms with Gasteiger partial charge in [0, 0.05) is 25.2 Å². The molecule has 162 valence electrons. The zero-order valence-electron chi connectivity index (χ0n) is 18.1. The Labute approximate surface area is 183 Å². The number of hydrogen-bond acceptors (Lipinski definition) is 4. The number of rotatable bonds is 10. The van der Waals surface area contributed by atoms with Crippen LogP contribution in [-0.4, -0.2) is 44.1 Å². The topological polar surface area (TPSA) is 71.2 Å². The van der Waals surface area contributed by atoms with Crippen molar-refractivity contribution in [3.05, 3.63) is 65.9 Å². The Bertz CT molecular complexity index is 989. The maximum atomic E-state index is 10.9.